The molecule has 0 aliphatic carbocycles. The van der Waals surface area contributed by atoms with Crippen LogP contribution in [0, 0.1) is 0 Å². The van der Waals surface area contributed by atoms with Crippen molar-refractivity contribution in [2.45, 2.75) is 49.0 Å². The van der Waals surface area contributed by atoms with Crippen molar-refractivity contribution in [3.63, 3.8) is 0 Å². The number of nitrogens with zero attached hydrogens (tertiary/aromatic N) is 3. The molecule has 31 heavy (non-hydrogen) atoms. The lowest BCUT2D eigenvalue weighted by molar-refractivity contribution is -0.245. The highest BCUT2D eigenvalue weighted by atomic mass is 32.2. The first kappa shape index (κ1) is 22.2. The summed E-state index contributed by atoms with van der Waals surface area (Å²) in [5, 5.41) is 11.1. The molecule has 2 aromatic heterocycles. The number of carbonyl (C=O) groups is 1. The van der Waals surface area contributed by atoms with E-state index in [2.05, 4.69) is 19.5 Å². The molecule has 2 aliphatic heterocycles. The number of fused-ring (bicyclic) bond motifs is 2. The number of hydrogen-bond acceptors (Lipinski definition) is 12. The number of nitrogens with one attached hydrogen (secondary N) is 1. The summed E-state index contributed by atoms with van der Waals surface area (Å²) in [5.41, 5.74) is 10.3. The van der Waals surface area contributed by atoms with E-state index in [0.717, 1.165) is 0 Å². The molecule has 2 aliphatic rings. The number of phosphoric acid groups is 1. The zero-order valence-electron chi connectivity index (χ0n) is 16.0. The SMILES string of the molecule is NC(=O)CCCCSc1nc2c(=O)[nH]c(N)nc2n1[C@@H]1OC2COP(=O)([O-])O[C@H]2C1O. The van der Waals surface area contributed by atoms with Crippen LogP contribution in [0.3, 0.4) is 0 Å². The first-order valence-corrected chi connectivity index (χ1v) is 11.8. The van der Waals surface area contributed by atoms with Crippen LogP contribution >= 0.6 is 19.6 Å². The zero-order chi connectivity index (χ0) is 22.3. The highest BCUT2D eigenvalue weighted by Crippen LogP contribution is 2.50. The quantitative estimate of drug-likeness (QED) is 0.206. The van der Waals surface area contributed by atoms with Gasteiger partial charge in [0.05, 0.1) is 6.61 Å². The van der Waals surface area contributed by atoms with E-state index in [1.165, 1.54) is 16.3 Å². The largest absolute Gasteiger partial charge is 0.756 e. The van der Waals surface area contributed by atoms with Crippen LogP contribution in [0.25, 0.3) is 11.2 Å². The van der Waals surface area contributed by atoms with Gasteiger partial charge >= 0.3 is 0 Å². The highest BCUT2D eigenvalue weighted by molar-refractivity contribution is 7.99. The molecule has 170 valence electrons. The smallest absolute Gasteiger partial charge is 0.280 e. The van der Waals surface area contributed by atoms with Gasteiger partial charge in [0.15, 0.2) is 22.5 Å². The molecule has 0 saturated carbocycles. The Morgan fingerprint density at radius 1 is 1.42 bits per heavy atom. The molecule has 4 heterocycles. The Morgan fingerprint density at radius 3 is 2.94 bits per heavy atom. The molecule has 5 atom stereocenters. The Labute approximate surface area is 178 Å². The van der Waals surface area contributed by atoms with Crippen molar-refractivity contribution < 1.29 is 33.1 Å². The molecule has 4 rings (SSSR count). The zero-order valence-corrected chi connectivity index (χ0v) is 17.7. The molecule has 16 heteroatoms. The number of ether oxygens (including phenoxy) is 1. The van der Waals surface area contributed by atoms with E-state index in [4.69, 9.17) is 20.7 Å². The fourth-order valence-corrected chi connectivity index (χ4v) is 5.38. The third-order valence-corrected chi connectivity index (χ3v) is 6.80. The van der Waals surface area contributed by atoms with Gasteiger partial charge < -0.3 is 35.3 Å². The summed E-state index contributed by atoms with van der Waals surface area (Å²) in [7, 11) is -4.55. The van der Waals surface area contributed by atoms with Crippen LogP contribution in [-0.4, -0.2) is 61.2 Å². The normalized spacial score (nSPS) is 30.5. The summed E-state index contributed by atoms with van der Waals surface area (Å²) in [4.78, 5) is 45.6. The summed E-state index contributed by atoms with van der Waals surface area (Å²) < 4.78 is 28.3. The molecule has 0 radical (unpaired) electrons. The van der Waals surface area contributed by atoms with Gasteiger partial charge in [-0.2, -0.15) is 4.98 Å². The number of aromatic nitrogens is 4. The number of primary amides is 1. The van der Waals surface area contributed by atoms with Gasteiger partial charge in [0.25, 0.3) is 13.4 Å². The molecule has 0 bridgehead atoms. The lowest BCUT2D eigenvalue weighted by atomic mass is 10.1. The average molecular weight is 475 g/mol. The van der Waals surface area contributed by atoms with Gasteiger partial charge in [-0.3, -0.25) is 23.7 Å². The third-order valence-electron chi connectivity index (χ3n) is 4.80. The molecule has 2 saturated heterocycles. The first-order valence-electron chi connectivity index (χ1n) is 9.32. The number of phosphoric ester groups is 1. The number of amides is 1. The van der Waals surface area contributed by atoms with Gasteiger partial charge in [-0.1, -0.05) is 11.8 Å². The summed E-state index contributed by atoms with van der Waals surface area (Å²) in [6, 6.07) is 0. The number of hydrogen-bond donors (Lipinski definition) is 4. The molecule has 6 N–H and O–H groups in total. The number of H-pyrrole nitrogens is 1. The van der Waals surface area contributed by atoms with Crippen LogP contribution in [0.15, 0.2) is 9.95 Å². The molecular weight excluding hydrogens is 455 g/mol. The van der Waals surface area contributed by atoms with E-state index in [-0.39, 0.29) is 30.1 Å². The monoisotopic (exact) mass is 475 g/mol. The van der Waals surface area contributed by atoms with Crippen LogP contribution in [0.1, 0.15) is 25.5 Å². The van der Waals surface area contributed by atoms with E-state index in [0.29, 0.717) is 23.8 Å². The minimum Gasteiger partial charge on any atom is -0.756 e. The van der Waals surface area contributed by atoms with Gasteiger partial charge in [-0.15, -0.1) is 0 Å². The van der Waals surface area contributed by atoms with Crippen molar-refractivity contribution in [2.75, 3.05) is 18.1 Å². The van der Waals surface area contributed by atoms with Gasteiger partial charge in [-0.05, 0) is 12.8 Å². The number of nitrogen functional groups attached to an aromatic ring is 1. The second kappa shape index (κ2) is 8.50. The number of imidazole rings is 1. The number of nitrogens with two attached hydrogens (primary N) is 2. The number of rotatable bonds is 7. The second-order valence-corrected chi connectivity index (χ2v) is 9.45. The van der Waals surface area contributed by atoms with Gasteiger partial charge in [0.1, 0.15) is 18.3 Å². The molecule has 3 unspecified atom stereocenters. The number of aromatic amines is 1. The van der Waals surface area contributed by atoms with Crippen molar-refractivity contribution in [1.29, 1.82) is 0 Å². The fraction of sp³-hybridized carbons (Fsp3) is 0.600. The maximum absolute atomic E-state index is 12.3. The summed E-state index contributed by atoms with van der Waals surface area (Å²) in [5.74, 6) is -0.0358. The number of aliphatic hydroxyl groups is 1. The van der Waals surface area contributed by atoms with Crippen LogP contribution in [0.2, 0.25) is 0 Å². The molecule has 0 spiro atoms. The van der Waals surface area contributed by atoms with E-state index < -0.39 is 43.8 Å². The number of anilines is 1. The standard InChI is InChI=1S/C15H21N6O8PS/c16-7(22)3-1-2-4-31-15-18-8-11(19-14(17)20-12(8)24)21(15)13-9(23)10-6(28-13)5-27-30(25,26)29-10/h6,9-10,13,23H,1-5H2,(H2,16,22)(H,25,26)(H3,17,19,20,24)/p-1/t6?,9?,10-,13-/m1/s1. The van der Waals surface area contributed by atoms with Crippen molar-refractivity contribution in [3.8, 4) is 0 Å². The fourth-order valence-electron chi connectivity index (χ4n) is 3.42. The lowest BCUT2D eigenvalue weighted by Gasteiger charge is -2.34. The van der Waals surface area contributed by atoms with Crippen LogP contribution in [-0.2, 0) is 23.1 Å². The van der Waals surface area contributed by atoms with Gasteiger partial charge in [0.2, 0.25) is 11.9 Å². The van der Waals surface area contributed by atoms with Gasteiger partial charge in [-0.25, -0.2) is 4.98 Å². The summed E-state index contributed by atoms with van der Waals surface area (Å²) in [6.07, 6.45) is -3.15. The van der Waals surface area contributed by atoms with E-state index in [9.17, 15) is 24.2 Å². The summed E-state index contributed by atoms with van der Waals surface area (Å²) >= 11 is 1.25. The molecule has 2 aromatic rings. The number of aliphatic hydroxyl groups excluding tert-OH is 1. The van der Waals surface area contributed by atoms with Gasteiger partial charge in [0, 0.05) is 12.2 Å². The van der Waals surface area contributed by atoms with Crippen LogP contribution in [0.4, 0.5) is 5.95 Å². The summed E-state index contributed by atoms with van der Waals surface area (Å²) in [6.45, 7) is -0.322. The molecule has 1 amide bonds. The van der Waals surface area contributed by atoms with Crippen molar-refractivity contribution >= 4 is 42.6 Å². The molecule has 0 aromatic carbocycles. The molecule has 2 fully saturated rings. The minimum absolute atomic E-state index is 0.0221. The number of carbonyl (C=O) groups excluding carboxylic acids is 1. The first-order chi connectivity index (χ1) is 14.7. The van der Waals surface area contributed by atoms with E-state index in [1.54, 1.807) is 0 Å². The third kappa shape index (κ3) is 4.48. The Morgan fingerprint density at radius 2 is 2.19 bits per heavy atom. The second-order valence-electron chi connectivity index (χ2n) is 7.03. The predicted molar refractivity (Wildman–Crippen MR) is 105 cm³/mol. The predicted octanol–water partition coefficient (Wildman–Crippen LogP) is -1.41. The minimum atomic E-state index is -4.55. The maximum Gasteiger partial charge on any atom is 0.280 e. The van der Waals surface area contributed by atoms with E-state index in [1.807, 2.05) is 0 Å². The Balaban J connectivity index is 1.66. The van der Waals surface area contributed by atoms with E-state index >= 15 is 0 Å². The van der Waals surface area contributed by atoms with Crippen molar-refractivity contribution in [3.05, 3.63) is 10.4 Å². The Kier molecular flexibility index (Phi) is 6.09. The van der Waals surface area contributed by atoms with Crippen LogP contribution < -0.4 is 21.9 Å². The average Bonchev–Trinajstić information content (AvgIpc) is 3.18. The maximum atomic E-state index is 12.3. The Bertz CT molecular complexity index is 1110. The number of unbranched alkanes of at least 4 members (excludes halogenated alkanes) is 1. The molecular formula is C15H20N6O8PS-. The topological polar surface area (TPSA) is 221 Å². The number of thioether (sulfide) groups is 1. The highest BCUT2D eigenvalue weighted by Gasteiger charge is 2.51. The Hall–Kier alpha value is -2.00. The van der Waals surface area contributed by atoms with Crippen molar-refractivity contribution in [2.24, 2.45) is 5.73 Å². The van der Waals surface area contributed by atoms with Crippen LogP contribution in [0.5, 0.6) is 0 Å². The lowest BCUT2D eigenvalue weighted by Crippen LogP contribution is -2.41. The molecule has 14 nitrogen and oxygen atoms in total. The van der Waals surface area contributed by atoms with Crippen molar-refractivity contribution in [1.82, 2.24) is 19.5 Å².